The van der Waals surface area contributed by atoms with Crippen LogP contribution in [0.1, 0.15) is 11.5 Å². The van der Waals surface area contributed by atoms with Crippen molar-refractivity contribution in [2.24, 2.45) is 0 Å². The van der Waals surface area contributed by atoms with Crippen LogP contribution in [0.15, 0.2) is 22.6 Å². The number of nitrogens with zero attached hydrogens (tertiary/aromatic N) is 2. The third-order valence-corrected chi connectivity index (χ3v) is 3.87. The summed E-state index contributed by atoms with van der Waals surface area (Å²) in [5.41, 5.74) is 1.93. The molecule has 5 nitrogen and oxygen atoms in total. The van der Waals surface area contributed by atoms with E-state index in [1.165, 1.54) is 0 Å². The van der Waals surface area contributed by atoms with Crippen molar-refractivity contribution in [1.29, 1.82) is 0 Å². The van der Waals surface area contributed by atoms with E-state index in [0.29, 0.717) is 44.8 Å². The summed E-state index contributed by atoms with van der Waals surface area (Å²) >= 11 is 13.3. The Balaban J connectivity index is 1.89. The van der Waals surface area contributed by atoms with Gasteiger partial charge in [-0.1, -0.05) is 23.2 Å². The van der Waals surface area contributed by atoms with Gasteiger partial charge in [0.1, 0.15) is 29.2 Å². The average molecular weight is 330 g/mol. The van der Waals surface area contributed by atoms with E-state index in [1.54, 1.807) is 18.2 Å². The minimum Gasteiger partial charge on any atom is -0.462 e. The van der Waals surface area contributed by atoms with Crippen molar-refractivity contribution >= 4 is 51.7 Å². The van der Waals surface area contributed by atoms with E-state index >= 15 is 0 Å². The molecule has 0 saturated heterocycles. The van der Waals surface area contributed by atoms with Crippen molar-refractivity contribution in [2.45, 2.75) is 13.2 Å². The number of aliphatic hydroxyl groups is 1. The lowest BCUT2D eigenvalue weighted by atomic mass is 10.2. The van der Waals surface area contributed by atoms with E-state index in [-0.39, 0.29) is 6.61 Å². The van der Waals surface area contributed by atoms with E-state index < -0.39 is 0 Å². The van der Waals surface area contributed by atoms with Crippen LogP contribution in [0.25, 0.3) is 11.0 Å². The van der Waals surface area contributed by atoms with Crippen LogP contribution in [0, 0.1) is 0 Å². The number of hydrogen-bond acceptors (Lipinski definition) is 6. The molecule has 104 valence electrons. The van der Waals surface area contributed by atoms with Gasteiger partial charge in [0.05, 0.1) is 34.0 Å². The molecule has 0 spiro atoms. The SMILES string of the molecule is OCc1ccc(CNc2c(Cl)cc(Cl)c3nsnc23)o1. The predicted molar refractivity (Wildman–Crippen MR) is 79.4 cm³/mol. The quantitative estimate of drug-likeness (QED) is 0.763. The first-order valence-electron chi connectivity index (χ1n) is 5.71. The largest absolute Gasteiger partial charge is 0.462 e. The van der Waals surface area contributed by atoms with Crippen molar-refractivity contribution in [3.05, 3.63) is 39.8 Å². The smallest absolute Gasteiger partial charge is 0.130 e. The number of hydrogen-bond donors (Lipinski definition) is 2. The Hall–Kier alpha value is -1.34. The first-order valence-corrected chi connectivity index (χ1v) is 7.20. The number of nitrogens with one attached hydrogen (secondary N) is 1. The van der Waals surface area contributed by atoms with Crippen molar-refractivity contribution in [3.8, 4) is 0 Å². The Morgan fingerprint density at radius 2 is 1.90 bits per heavy atom. The molecule has 0 aliphatic heterocycles. The number of anilines is 1. The van der Waals surface area contributed by atoms with Crippen LogP contribution in [0.3, 0.4) is 0 Å². The summed E-state index contributed by atoms with van der Waals surface area (Å²) < 4.78 is 13.7. The van der Waals surface area contributed by atoms with E-state index in [4.69, 9.17) is 32.7 Å². The molecule has 2 aromatic heterocycles. The first-order chi connectivity index (χ1) is 9.69. The maximum absolute atomic E-state index is 8.96. The Kier molecular flexibility index (Phi) is 3.80. The molecule has 0 fully saturated rings. The maximum atomic E-state index is 8.96. The molecule has 0 unspecified atom stereocenters. The van der Waals surface area contributed by atoms with Gasteiger partial charge in [-0.25, -0.2) is 0 Å². The summed E-state index contributed by atoms with van der Waals surface area (Å²) in [6.07, 6.45) is 0. The highest BCUT2D eigenvalue weighted by Gasteiger charge is 2.14. The van der Waals surface area contributed by atoms with Gasteiger partial charge in [-0.2, -0.15) is 8.75 Å². The summed E-state index contributed by atoms with van der Waals surface area (Å²) in [5, 5.41) is 13.1. The fourth-order valence-electron chi connectivity index (χ4n) is 1.82. The van der Waals surface area contributed by atoms with E-state index in [2.05, 4.69) is 14.1 Å². The fraction of sp³-hybridized carbons (Fsp3) is 0.167. The standard InChI is InChI=1S/C12H9Cl2N3O2S/c13-8-3-9(14)11-12(17-20-16-11)10(8)15-4-6-1-2-7(5-18)19-6/h1-3,15,18H,4-5H2. The van der Waals surface area contributed by atoms with E-state index in [0.717, 1.165) is 11.7 Å². The van der Waals surface area contributed by atoms with Gasteiger partial charge in [-0.15, -0.1) is 0 Å². The molecule has 0 amide bonds. The lowest BCUT2D eigenvalue weighted by molar-refractivity contribution is 0.244. The minimum absolute atomic E-state index is 0.123. The molecule has 3 aromatic rings. The summed E-state index contributed by atoms with van der Waals surface area (Å²) in [6, 6.07) is 5.15. The topological polar surface area (TPSA) is 71.2 Å². The molecule has 20 heavy (non-hydrogen) atoms. The van der Waals surface area contributed by atoms with Crippen LogP contribution in [-0.4, -0.2) is 13.9 Å². The maximum Gasteiger partial charge on any atom is 0.130 e. The van der Waals surface area contributed by atoms with Crippen LogP contribution in [0.5, 0.6) is 0 Å². The van der Waals surface area contributed by atoms with Gasteiger partial charge in [0, 0.05) is 0 Å². The number of benzene rings is 1. The van der Waals surface area contributed by atoms with Gasteiger partial charge < -0.3 is 14.8 Å². The summed E-state index contributed by atoms with van der Waals surface area (Å²) in [4.78, 5) is 0. The van der Waals surface area contributed by atoms with Gasteiger partial charge in [0.2, 0.25) is 0 Å². The van der Waals surface area contributed by atoms with Gasteiger partial charge in [-0.05, 0) is 18.2 Å². The molecular weight excluding hydrogens is 321 g/mol. The molecular formula is C12H9Cl2N3O2S. The predicted octanol–water partition coefficient (Wildman–Crippen LogP) is 3.70. The summed E-state index contributed by atoms with van der Waals surface area (Å²) in [6.45, 7) is 0.302. The zero-order chi connectivity index (χ0) is 14.1. The number of aromatic nitrogens is 2. The van der Waals surface area contributed by atoms with Gasteiger partial charge in [-0.3, -0.25) is 0 Å². The molecule has 0 aliphatic rings. The molecule has 2 heterocycles. The highest BCUT2D eigenvalue weighted by atomic mass is 35.5. The normalized spacial score (nSPS) is 11.2. The van der Waals surface area contributed by atoms with Gasteiger partial charge in [0.25, 0.3) is 0 Å². The molecule has 8 heteroatoms. The van der Waals surface area contributed by atoms with Crippen LogP contribution in [0.4, 0.5) is 5.69 Å². The number of fused-ring (bicyclic) bond motifs is 1. The Morgan fingerprint density at radius 3 is 2.65 bits per heavy atom. The third kappa shape index (κ3) is 2.47. The van der Waals surface area contributed by atoms with E-state index in [1.807, 2.05) is 0 Å². The molecule has 0 aliphatic carbocycles. The monoisotopic (exact) mass is 329 g/mol. The highest BCUT2D eigenvalue weighted by molar-refractivity contribution is 7.00. The van der Waals surface area contributed by atoms with Crippen molar-refractivity contribution in [3.63, 3.8) is 0 Å². The Morgan fingerprint density at radius 1 is 1.15 bits per heavy atom. The Labute approximate surface area is 128 Å². The van der Waals surface area contributed by atoms with Crippen LogP contribution in [-0.2, 0) is 13.2 Å². The molecule has 3 rings (SSSR count). The lowest BCUT2D eigenvalue weighted by Crippen LogP contribution is -2.00. The second-order valence-electron chi connectivity index (χ2n) is 4.06. The summed E-state index contributed by atoms with van der Waals surface area (Å²) in [5.74, 6) is 1.21. The van der Waals surface area contributed by atoms with E-state index in [9.17, 15) is 0 Å². The average Bonchev–Trinajstić information content (AvgIpc) is 3.06. The van der Waals surface area contributed by atoms with Gasteiger partial charge >= 0.3 is 0 Å². The minimum atomic E-state index is -0.123. The molecule has 2 N–H and O–H groups in total. The van der Waals surface area contributed by atoms with Crippen molar-refractivity contribution in [1.82, 2.24) is 8.75 Å². The lowest BCUT2D eigenvalue weighted by Gasteiger charge is -2.08. The van der Waals surface area contributed by atoms with Crippen LogP contribution >= 0.6 is 34.9 Å². The fourth-order valence-corrected chi connectivity index (χ4v) is 3.00. The zero-order valence-corrected chi connectivity index (χ0v) is 12.4. The number of aliphatic hydroxyl groups excluding tert-OH is 1. The molecule has 1 aromatic carbocycles. The number of halogens is 2. The molecule has 0 bridgehead atoms. The second kappa shape index (κ2) is 5.57. The summed E-state index contributed by atoms with van der Waals surface area (Å²) in [7, 11) is 0. The van der Waals surface area contributed by atoms with Crippen LogP contribution < -0.4 is 5.32 Å². The van der Waals surface area contributed by atoms with Crippen molar-refractivity contribution in [2.75, 3.05) is 5.32 Å². The molecule has 0 radical (unpaired) electrons. The molecule has 0 atom stereocenters. The Bertz CT molecular complexity index is 756. The zero-order valence-electron chi connectivity index (χ0n) is 10.1. The van der Waals surface area contributed by atoms with Crippen molar-refractivity contribution < 1.29 is 9.52 Å². The van der Waals surface area contributed by atoms with Crippen LogP contribution in [0.2, 0.25) is 10.0 Å². The highest BCUT2D eigenvalue weighted by Crippen LogP contribution is 2.35. The molecule has 0 saturated carbocycles. The second-order valence-corrected chi connectivity index (χ2v) is 5.40. The first kappa shape index (κ1) is 13.6. The third-order valence-electron chi connectivity index (χ3n) is 2.76. The van der Waals surface area contributed by atoms with Gasteiger partial charge in [0.15, 0.2) is 0 Å². The number of furan rings is 1. The number of rotatable bonds is 4.